The number of carbonyl (C=O) groups excluding carboxylic acids is 1. The third kappa shape index (κ3) is 3.57. The van der Waals surface area contributed by atoms with Gasteiger partial charge in [-0.3, -0.25) is 9.48 Å². The molecule has 3 rings (SSSR count). The van der Waals surface area contributed by atoms with E-state index in [-0.39, 0.29) is 11.6 Å². The molecule has 0 bridgehead atoms. The van der Waals surface area contributed by atoms with Gasteiger partial charge in [0.05, 0.1) is 0 Å². The maximum Gasteiger partial charge on any atom is 0.271 e. The number of aromatic nitrogens is 4. The average Bonchev–Trinajstić information content (AvgIpc) is 3.16. The first-order chi connectivity index (χ1) is 11.1. The van der Waals surface area contributed by atoms with Crippen molar-refractivity contribution in [3.8, 4) is 11.5 Å². The van der Waals surface area contributed by atoms with Crippen molar-refractivity contribution >= 4 is 17.5 Å². The van der Waals surface area contributed by atoms with E-state index < -0.39 is 0 Å². The van der Waals surface area contributed by atoms with E-state index in [1.165, 1.54) is 10.7 Å². The van der Waals surface area contributed by atoms with Gasteiger partial charge in [0.1, 0.15) is 5.15 Å². The second-order valence-electron chi connectivity index (χ2n) is 4.85. The number of benzene rings is 1. The highest BCUT2D eigenvalue weighted by Gasteiger charge is 2.12. The molecule has 2 heterocycles. The molecule has 3 aromatic rings. The number of carbonyl (C=O) groups is 1. The van der Waals surface area contributed by atoms with Crippen LogP contribution in [0.3, 0.4) is 0 Å². The van der Waals surface area contributed by atoms with Crippen molar-refractivity contribution in [2.45, 2.75) is 6.42 Å². The molecule has 1 aromatic carbocycles. The lowest BCUT2D eigenvalue weighted by Crippen LogP contribution is -2.26. The third-order valence-corrected chi connectivity index (χ3v) is 3.52. The van der Waals surface area contributed by atoms with E-state index in [0.29, 0.717) is 29.9 Å². The van der Waals surface area contributed by atoms with Gasteiger partial charge in [-0.2, -0.15) is 5.10 Å². The van der Waals surface area contributed by atoms with Crippen LogP contribution in [0.25, 0.3) is 11.5 Å². The van der Waals surface area contributed by atoms with Crippen LogP contribution in [0.1, 0.15) is 16.4 Å². The van der Waals surface area contributed by atoms with Gasteiger partial charge in [0.15, 0.2) is 5.69 Å². The van der Waals surface area contributed by atoms with Crippen LogP contribution in [-0.2, 0) is 13.5 Å². The third-order valence-electron chi connectivity index (χ3n) is 3.17. The Morgan fingerprint density at radius 2 is 2.09 bits per heavy atom. The fourth-order valence-corrected chi connectivity index (χ4v) is 2.12. The highest BCUT2D eigenvalue weighted by Crippen LogP contribution is 2.16. The molecule has 0 aliphatic heterocycles. The largest absolute Gasteiger partial charge is 0.421 e. The Labute approximate surface area is 137 Å². The summed E-state index contributed by atoms with van der Waals surface area (Å²) < 4.78 is 7.00. The summed E-state index contributed by atoms with van der Waals surface area (Å²) in [5.74, 6) is 0.627. The SMILES string of the molecule is Cn1nc(C(=O)NCCc2nnc(-c3ccccc3)o2)cc1Cl. The summed E-state index contributed by atoms with van der Waals surface area (Å²) in [6.07, 6.45) is 0.437. The zero-order valence-electron chi connectivity index (χ0n) is 12.4. The minimum absolute atomic E-state index is 0.271. The lowest BCUT2D eigenvalue weighted by atomic mass is 10.2. The van der Waals surface area contributed by atoms with Gasteiger partial charge < -0.3 is 9.73 Å². The minimum Gasteiger partial charge on any atom is -0.421 e. The molecule has 1 N–H and O–H groups in total. The standard InChI is InChI=1S/C15H14ClN5O2/c1-21-12(16)9-11(20-21)14(22)17-8-7-13-18-19-15(23-13)10-5-3-2-4-6-10/h2-6,9H,7-8H2,1H3,(H,17,22). The van der Waals surface area contributed by atoms with Gasteiger partial charge >= 0.3 is 0 Å². The van der Waals surface area contributed by atoms with Crippen molar-refractivity contribution in [1.29, 1.82) is 0 Å². The number of rotatable bonds is 5. The highest BCUT2D eigenvalue weighted by atomic mass is 35.5. The van der Waals surface area contributed by atoms with E-state index in [9.17, 15) is 4.79 Å². The second-order valence-corrected chi connectivity index (χ2v) is 5.24. The number of halogens is 1. The Bertz CT molecular complexity index is 793. The molecule has 7 nitrogen and oxygen atoms in total. The van der Waals surface area contributed by atoms with Gasteiger partial charge in [-0.25, -0.2) is 0 Å². The van der Waals surface area contributed by atoms with Crippen molar-refractivity contribution in [2.75, 3.05) is 6.54 Å². The van der Waals surface area contributed by atoms with Crippen molar-refractivity contribution < 1.29 is 9.21 Å². The number of amides is 1. The minimum atomic E-state index is -0.296. The molecule has 0 aliphatic carbocycles. The Hall–Kier alpha value is -2.67. The molecule has 0 aliphatic rings. The first kappa shape index (κ1) is 15.2. The molecule has 0 saturated heterocycles. The molecule has 0 saturated carbocycles. The molecule has 0 unspecified atom stereocenters. The van der Waals surface area contributed by atoms with Crippen LogP contribution in [0.4, 0.5) is 0 Å². The van der Waals surface area contributed by atoms with Gasteiger partial charge in [0, 0.05) is 31.6 Å². The van der Waals surface area contributed by atoms with E-state index in [4.69, 9.17) is 16.0 Å². The summed E-state index contributed by atoms with van der Waals surface area (Å²) in [4.78, 5) is 11.9. The zero-order chi connectivity index (χ0) is 16.2. The number of hydrogen-bond donors (Lipinski definition) is 1. The molecule has 23 heavy (non-hydrogen) atoms. The van der Waals surface area contributed by atoms with Crippen LogP contribution < -0.4 is 5.32 Å². The van der Waals surface area contributed by atoms with Crippen LogP contribution in [0, 0.1) is 0 Å². The van der Waals surface area contributed by atoms with Crippen LogP contribution >= 0.6 is 11.6 Å². The highest BCUT2D eigenvalue weighted by molar-refractivity contribution is 6.29. The van der Waals surface area contributed by atoms with E-state index in [0.717, 1.165) is 5.56 Å². The van der Waals surface area contributed by atoms with Crippen LogP contribution in [-0.4, -0.2) is 32.4 Å². The fraction of sp³-hybridized carbons (Fsp3) is 0.200. The number of hydrogen-bond acceptors (Lipinski definition) is 5. The normalized spacial score (nSPS) is 10.7. The number of nitrogens with one attached hydrogen (secondary N) is 1. The van der Waals surface area contributed by atoms with Crippen LogP contribution in [0.2, 0.25) is 5.15 Å². The molecule has 1 amide bonds. The molecule has 118 valence electrons. The van der Waals surface area contributed by atoms with Gasteiger partial charge in [-0.15, -0.1) is 10.2 Å². The van der Waals surface area contributed by atoms with E-state index >= 15 is 0 Å². The first-order valence-electron chi connectivity index (χ1n) is 6.99. The molecule has 0 radical (unpaired) electrons. The fourth-order valence-electron chi connectivity index (χ4n) is 1.98. The Morgan fingerprint density at radius 1 is 1.30 bits per heavy atom. The van der Waals surface area contributed by atoms with Crippen LogP contribution in [0.15, 0.2) is 40.8 Å². The average molecular weight is 332 g/mol. The lowest BCUT2D eigenvalue weighted by molar-refractivity contribution is 0.0948. The molecular weight excluding hydrogens is 318 g/mol. The smallest absolute Gasteiger partial charge is 0.271 e. The Kier molecular flexibility index (Phi) is 4.38. The van der Waals surface area contributed by atoms with E-state index in [1.54, 1.807) is 7.05 Å². The van der Waals surface area contributed by atoms with Gasteiger partial charge in [0.2, 0.25) is 11.8 Å². The van der Waals surface area contributed by atoms with E-state index in [1.807, 2.05) is 30.3 Å². The zero-order valence-corrected chi connectivity index (χ0v) is 13.1. The Balaban J connectivity index is 1.55. The summed E-state index contributed by atoms with van der Waals surface area (Å²) in [5.41, 5.74) is 1.13. The van der Waals surface area contributed by atoms with Crippen molar-refractivity contribution in [3.05, 3.63) is 53.1 Å². The van der Waals surface area contributed by atoms with E-state index in [2.05, 4.69) is 20.6 Å². The predicted molar refractivity (Wildman–Crippen MR) is 84.0 cm³/mol. The topological polar surface area (TPSA) is 85.8 Å². The molecule has 0 spiro atoms. The molecular formula is C15H14ClN5O2. The summed E-state index contributed by atoms with van der Waals surface area (Å²) in [5, 5.41) is 15.1. The monoisotopic (exact) mass is 331 g/mol. The summed E-state index contributed by atoms with van der Waals surface area (Å²) in [6, 6.07) is 11.0. The second kappa shape index (κ2) is 6.62. The van der Waals surface area contributed by atoms with Crippen molar-refractivity contribution in [3.63, 3.8) is 0 Å². The van der Waals surface area contributed by atoms with Crippen molar-refractivity contribution in [2.24, 2.45) is 7.05 Å². The lowest BCUT2D eigenvalue weighted by Gasteiger charge is -2.00. The first-order valence-corrected chi connectivity index (χ1v) is 7.37. The molecule has 2 aromatic heterocycles. The maximum absolute atomic E-state index is 11.9. The summed E-state index contributed by atoms with van der Waals surface area (Å²) in [6.45, 7) is 0.365. The molecule has 0 atom stereocenters. The van der Waals surface area contributed by atoms with Gasteiger partial charge in [-0.1, -0.05) is 29.8 Å². The molecule has 8 heteroatoms. The summed E-state index contributed by atoms with van der Waals surface area (Å²) in [7, 11) is 1.67. The van der Waals surface area contributed by atoms with Crippen LogP contribution in [0.5, 0.6) is 0 Å². The molecule has 0 fully saturated rings. The quantitative estimate of drug-likeness (QED) is 0.773. The predicted octanol–water partition coefficient (Wildman–Crippen LogP) is 2.10. The maximum atomic E-state index is 11.9. The number of aryl methyl sites for hydroxylation is 1. The summed E-state index contributed by atoms with van der Waals surface area (Å²) >= 11 is 5.85. The Morgan fingerprint density at radius 3 is 2.78 bits per heavy atom. The van der Waals surface area contributed by atoms with Crippen molar-refractivity contribution in [1.82, 2.24) is 25.3 Å². The number of nitrogens with zero attached hydrogens (tertiary/aromatic N) is 4. The van der Waals surface area contributed by atoms with Gasteiger partial charge in [-0.05, 0) is 12.1 Å². The van der Waals surface area contributed by atoms with Gasteiger partial charge in [0.25, 0.3) is 5.91 Å².